The summed E-state index contributed by atoms with van der Waals surface area (Å²) in [6, 6.07) is 7.13. The van der Waals surface area contributed by atoms with Crippen molar-refractivity contribution in [3.8, 4) is 11.4 Å². The van der Waals surface area contributed by atoms with Crippen LogP contribution >= 0.6 is 31.9 Å². The van der Waals surface area contributed by atoms with Crippen molar-refractivity contribution in [2.24, 2.45) is 0 Å². The van der Waals surface area contributed by atoms with E-state index >= 15 is 0 Å². The van der Waals surface area contributed by atoms with Crippen molar-refractivity contribution < 1.29 is 17.9 Å². The molecule has 3 nitrogen and oxygen atoms in total. The molecule has 1 aromatic carbocycles. The molecule has 0 N–H and O–H groups in total. The molecule has 2 aromatic rings. The van der Waals surface area contributed by atoms with E-state index in [1.807, 2.05) is 0 Å². The Hall–Kier alpha value is -1.02. The van der Waals surface area contributed by atoms with Gasteiger partial charge in [0.1, 0.15) is 15.0 Å². The minimum absolute atomic E-state index is 0.270. The zero-order chi connectivity index (χ0) is 13.3. The third kappa shape index (κ3) is 3.26. The summed E-state index contributed by atoms with van der Waals surface area (Å²) in [5.41, 5.74) is 0.613. The van der Waals surface area contributed by atoms with Crippen LogP contribution in [-0.4, -0.2) is 16.1 Å². The van der Waals surface area contributed by atoms with E-state index in [9.17, 15) is 13.2 Å². The minimum Gasteiger partial charge on any atom is -0.406 e. The van der Waals surface area contributed by atoms with Crippen LogP contribution in [0.25, 0.3) is 5.69 Å². The number of benzene rings is 1. The highest BCUT2D eigenvalue weighted by molar-refractivity contribution is 9.11. The maximum atomic E-state index is 12.0. The summed E-state index contributed by atoms with van der Waals surface area (Å²) < 4.78 is 42.5. The van der Waals surface area contributed by atoms with E-state index in [1.165, 1.54) is 28.9 Å². The number of aromatic nitrogens is 2. The van der Waals surface area contributed by atoms with Crippen LogP contribution in [0.15, 0.2) is 39.5 Å². The van der Waals surface area contributed by atoms with Crippen LogP contribution in [0, 0.1) is 0 Å². The fourth-order valence-electron chi connectivity index (χ4n) is 1.30. The molecule has 0 unspecified atom stereocenters. The topological polar surface area (TPSA) is 27.1 Å². The molecule has 0 aliphatic carbocycles. The van der Waals surface area contributed by atoms with Gasteiger partial charge in [0, 0.05) is 6.07 Å². The molecule has 0 aliphatic heterocycles. The zero-order valence-corrected chi connectivity index (χ0v) is 11.8. The summed E-state index contributed by atoms with van der Waals surface area (Å²) in [6.07, 6.45) is -4.68. The van der Waals surface area contributed by atoms with Gasteiger partial charge in [-0.3, -0.25) is 0 Å². The van der Waals surface area contributed by atoms with Crippen LogP contribution in [0.5, 0.6) is 5.75 Å². The van der Waals surface area contributed by atoms with Gasteiger partial charge in [-0.2, -0.15) is 5.10 Å². The first-order chi connectivity index (χ1) is 8.35. The summed E-state index contributed by atoms with van der Waals surface area (Å²) in [7, 11) is 0. The van der Waals surface area contributed by atoms with Gasteiger partial charge in [-0.15, -0.1) is 13.2 Å². The molecule has 0 atom stereocenters. The van der Waals surface area contributed by atoms with Crippen molar-refractivity contribution in [3.05, 3.63) is 39.5 Å². The fraction of sp³-hybridized carbons (Fsp3) is 0.100. The van der Waals surface area contributed by atoms with Crippen LogP contribution in [-0.2, 0) is 0 Å². The molecule has 0 amide bonds. The summed E-state index contributed by atoms with van der Waals surface area (Å²) in [6.45, 7) is 0. The van der Waals surface area contributed by atoms with Gasteiger partial charge in [0.05, 0.1) is 5.69 Å². The molecule has 0 aliphatic rings. The van der Waals surface area contributed by atoms with Gasteiger partial charge in [0.15, 0.2) is 0 Å². The van der Waals surface area contributed by atoms with Gasteiger partial charge in [-0.05, 0) is 56.1 Å². The Morgan fingerprint density at radius 2 is 1.72 bits per heavy atom. The summed E-state index contributed by atoms with van der Waals surface area (Å²) >= 11 is 6.48. The molecule has 8 heteroatoms. The lowest BCUT2D eigenvalue weighted by Gasteiger charge is -2.09. The van der Waals surface area contributed by atoms with Crippen molar-refractivity contribution in [1.82, 2.24) is 9.78 Å². The molecule has 0 saturated carbocycles. The average molecular weight is 386 g/mol. The van der Waals surface area contributed by atoms with Crippen LogP contribution in [0.2, 0.25) is 0 Å². The second kappa shape index (κ2) is 4.93. The Morgan fingerprint density at radius 3 is 2.17 bits per heavy atom. The monoisotopic (exact) mass is 384 g/mol. The molecule has 0 bridgehead atoms. The number of nitrogens with zero attached hydrogens (tertiary/aromatic N) is 2. The average Bonchev–Trinajstić information content (AvgIpc) is 2.57. The largest absolute Gasteiger partial charge is 0.573 e. The maximum absolute atomic E-state index is 12.0. The summed E-state index contributed by atoms with van der Waals surface area (Å²) in [5.74, 6) is -0.270. The second-order valence-electron chi connectivity index (χ2n) is 3.24. The minimum atomic E-state index is -4.68. The van der Waals surface area contributed by atoms with E-state index in [-0.39, 0.29) is 5.75 Å². The molecular weight excluding hydrogens is 381 g/mol. The zero-order valence-electron chi connectivity index (χ0n) is 8.58. The highest BCUT2D eigenvalue weighted by Gasteiger charge is 2.30. The smallest absolute Gasteiger partial charge is 0.406 e. The lowest BCUT2D eigenvalue weighted by molar-refractivity contribution is -0.274. The molecule has 0 radical (unpaired) electrons. The van der Waals surface area contributed by atoms with E-state index in [2.05, 4.69) is 41.7 Å². The summed E-state index contributed by atoms with van der Waals surface area (Å²) in [4.78, 5) is 0. The molecular formula is C10H5Br2F3N2O. The van der Waals surface area contributed by atoms with E-state index in [0.717, 1.165) is 0 Å². The van der Waals surface area contributed by atoms with Crippen LogP contribution < -0.4 is 4.74 Å². The Balaban J connectivity index is 2.25. The predicted octanol–water partition coefficient (Wildman–Crippen LogP) is 4.30. The van der Waals surface area contributed by atoms with E-state index in [1.54, 1.807) is 6.07 Å². The van der Waals surface area contributed by atoms with Crippen LogP contribution in [0.3, 0.4) is 0 Å². The van der Waals surface area contributed by atoms with Gasteiger partial charge in [0.2, 0.25) is 0 Å². The molecule has 1 heterocycles. The maximum Gasteiger partial charge on any atom is 0.573 e. The lowest BCUT2D eigenvalue weighted by atomic mass is 10.3. The SMILES string of the molecule is FC(F)(F)Oc1ccc(-n2nc(Br)cc2Br)cc1. The Bertz CT molecular complexity index is 551. The van der Waals surface area contributed by atoms with Crippen molar-refractivity contribution in [2.45, 2.75) is 6.36 Å². The summed E-state index contributed by atoms with van der Waals surface area (Å²) in [5, 5.41) is 4.11. The van der Waals surface area contributed by atoms with E-state index < -0.39 is 6.36 Å². The quantitative estimate of drug-likeness (QED) is 0.770. The molecule has 0 saturated heterocycles. The van der Waals surface area contributed by atoms with Crippen LogP contribution in [0.1, 0.15) is 0 Å². The first-order valence-electron chi connectivity index (χ1n) is 4.62. The third-order valence-electron chi connectivity index (χ3n) is 1.95. The van der Waals surface area contributed by atoms with Crippen molar-refractivity contribution in [2.75, 3.05) is 0 Å². The molecule has 0 fully saturated rings. The Labute approximate surface area is 117 Å². The Morgan fingerprint density at radius 1 is 1.11 bits per heavy atom. The van der Waals surface area contributed by atoms with Gasteiger partial charge < -0.3 is 4.74 Å². The standard InChI is InChI=1S/C10H5Br2F3N2O/c11-8-5-9(12)17(16-8)6-1-3-7(4-2-6)18-10(13,14)15/h1-5H. The van der Waals surface area contributed by atoms with Gasteiger partial charge in [-0.25, -0.2) is 4.68 Å². The number of halogens is 5. The fourth-order valence-corrected chi connectivity index (χ4v) is 2.49. The number of rotatable bonds is 2. The van der Waals surface area contributed by atoms with Gasteiger partial charge >= 0.3 is 6.36 Å². The number of hydrogen-bond donors (Lipinski definition) is 0. The Kier molecular flexibility index (Phi) is 3.67. The first kappa shape index (κ1) is 13.4. The van der Waals surface area contributed by atoms with Crippen molar-refractivity contribution in [1.29, 1.82) is 0 Å². The molecule has 0 spiro atoms. The van der Waals surface area contributed by atoms with E-state index in [0.29, 0.717) is 14.9 Å². The van der Waals surface area contributed by atoms with Crippen molar-refractivity contribution in [3.63, 3.8) is 0 Å². The highest BCUT2D eigenvalue weighted by atomic mass is 79.9. The van der Waals surface area contributed by atoms with E-state index in [4.69, 9.17) is 0 Å². The normalized spacial score (nSPS) is 11.6. The number of hydrogen-bond acceptors (Lipinski definition) is 2. The third-order valence-corrected chi connectivity index (χ3v) is 2.90. The van der Waals surface area contributed by atoms with Gasteiger partial charge in [0.25, 0.3) is 0 Å². The van der Waals surface area contributed by atoms with Crippen molar-refractivity contribution >= 4 is 31.9 Å². The molecule has 1 aromatic heterocycles. The molecule has 96 valence electrons. The molecule has 18 heavy (non-hydrogen) atoms. The first-order valence-corrected chi connectivity index (χ1v) is 6.21. The predicted molar refractivity (Wildman–Crippen MR) is 65.6 cm³/mol. The number of ether oxygens (including phenoxy) is 1. The van der Waals surface area contributed by atoms with Gasteiger partial charge in [-0.1, -0.05) is 0 Å². The highest BCUT2D eigenvalue weighted by Crippen LogP contribution is 2.25. The number of alkyl halides is 3. The van der Waals surface area contributed by atoms with Crippen LogP contribution in [0.4, 0.5) is 13.2 Å². The second-order valence-corrected chi connectivity index (χ2v) is 4.87. The lowest BCUT2D eigenvalue weighted by Crippen LogP contribution is -2.17. The molecule has 2 rings (SSSR count).